The highest BCUT2D eigenvalue weighted by Gasteiger charge is 2.12. The molecule has 3 aromatic carbocycles. The third-order valence-corrected chi connectivity index (χ3v) is 5.96. The molecule has 0 aliphatic heterocycles. The molecule has 0 atom stereocenters. The summed E-state index contributed by atoms with van der Waals surface area (Å²) in [5.41, 5.74) is 3.99. The Kier molecular flexibility index (Phi) is 7.73. The van der Waals surface area contributed by atoms with Crippen molar-refractivity contribution in [2.24, 2.45) is 0 Å². The smallest absolute Gasteiger partial charge is 0.162 e. The maximum absolute atomic E-state index is 12.4. The van der Waals surface area contributed by atoms with Crippen LogP contribution in [0.1, 0.15) is 23.1 Å². The highest BCUT2D eigenvalue weighted by molar-refractivity contribution is 7.80. The topological polar surface area (TPSA) is 57.7 Å². The third-order valence-electron chi connectivity index (χ3n) is 5.68. The number of ether oxygens (including phenoxy) is 3. The van der Waals surface area contributed by atoms with Crippen LogP contribution in [-0.4, -0.2) is 29.9 Å². The Bertz CT molecular complexity index is 1350. The van der Waals surface area contributed by atoms with Gasteiger partial charge in [0.05, 0.1) is 19.7 Å². The lowest BCUT2D eigenvalue weighted by Crippen LogP contribution is -2.10. The molecule has 0 amide bonds. The van der Waals surface area contributed by atoms with Crippen LogP contribution in [0.5, 0.6) is 23.0 Å². The SMILES string of the molecule is COc1cc2nccc(Oc3ccc(CC(=S)CC(=O)Cc4ccc(C)cc4)cc3)c2cc1OC. The van der Waals surface area contributed by atoms with Crippen molar-refractivity contribution < 1.29 is 19.0 Å². The summed E-state index contributed by atoms with van der Waals surface area (Å²) in [7, 11) is 3.19. The molecule has 6 heteroatoms. The number of rotatable bonds is 10. The van der Waals surface area contributed by atoms with Gasteiger partial charge < -0.3 is 14.2 Å². The van der Waals surface area contributed by atoms with E-state index in [1.165, 1.54) is 5.56 Å². The van der Waals surface area contributed by atoms with Crippen LogP contribution in [0.2, 0.25) is 0 Å². The number of aromatic nitrogens is 1. The van der Waals surface area contributed by atoms with Crippen LogP contribution < -0.4 is 14.2 Å². The Morgan fingerprint density at radius 3 is 2.14 bits per heavy atom. The second-order valence-corrected chi connectivity index (χ2v) is 8.95. The van der Waals surface area contributed by atoms with Gasteiger partial charge in [0.25, 0.3) is 0 Å². The lowest BCUT2D eigenvalue weighted by Gasteiger charge is -2.12. The van der Waals surface area contributed by atoms with Crippen molar-refractivity contribution in [3.63, 3.8) is 0 Å². The molecular weight excluding hydrogens is 458 g/mol. The van der Waals surface area contributed by atoms with Gasteiger partial charge in [0.1, 0.15) is 17.3 Å². The second-order valence-electron chi connectivity index (χ2n) is 8.37. The first-order chi connectivity index (χ1) is 16.9. The molecule has 5 nitrogen and oxygen atoms in total. The van der Waals surface area contributed by atoms with E-state index in [-0.39, 0.29) is 5.78 Å². The molecule has 0 aliphatic carbocycles. The summed E-state index contributed by atoms with van der Waals surface area (Å²) in [6.45, 7) is 2.03. The van der Waals surface area contributed by atoms with Crippen molar-refractivity contribution in [3.05, 3.63) is 89.6 Å². The van der Waals surface area contributed by atoms with Gasteiger partial charge in [-0.25, -0.2) is 0 Å². The van der Waals surface area contributed by atoms with Crippen LogP contribution in [0.4, 0.5) is 0 Å². The van der Waals surface area contributed by atoms with Gasteiger partial charge in [0.2, 0.25) is 0 Å². The minimum Gasteiger partial charge on any atom is -0.493 e. The molecule has 1 aromatic heterocycles. The summed E-state index contributed by atoms with van der Waals surface area (Å²) >= 11 is 5.50. The molecular formula is C29H27NO4S. The van der Waals surface area contributed by atoms with Crippen molar-refractivity contribution in [1.29, 1.82) is 0 Å². The molecule has 4 aromatic rings. The molecule has 35 heavy (non-hydrogen) atoms. The zero-order valence-corrected chi connectivity index (χ0v) is 20.9. The van der Waals surface area contributed by atoms with Crippen LogP contribution in [-0.2, 0) is 17.6 Å². The normalized spacial score (nSPS) is 10.7. The van der Waals surface area contributed by atoms with Gasteiger partial charge >= 0.3 is 0 Å². The van der Waals surface area contributed by atoms with E-state index in [9.17, 15) is 4.79 Å². The van der Waals surface area contributed by atoms with E-state index in [2.05, 4.69) is 4.98 Å². The Hall–Kier alpha value is -3.77. The van der Waals surface area contributed by atoms with Gasteiger partial charge in [-0.1, -0.05) is 54.2 Å². The van der Waals surface area contributed by atoms with Crippen LogP contribution in [0.3, 0.4) is 0 Å². The van der Waals surface area contributed by atoms with E-state index >= 15 is 0 Å². The van der Waals surface area contributed by atoms with E-state index in [1.807, 2.05) is 73.7 Å². The average Bonchev–Trinajstić information content (AvgIpc) is 2.85. The first-order valence-corrected chi connectivity index (χ1v) is 11.7. The molecule has 0 saturated carbocycles. The lowest BCUT2D eigenvalue weighted by molar-refractivity contribution is -0.117. The quantitative estimate of drug-likeness (QED) is 0.240. The van der Waals surface area contributed by atoms with Gasteiger partial charge in [0, 0.05) is 41.8 Å². The molecule has 0 aliphatic rings. The number of methoxy groups -OCH3 is 2. The predicted octanol–water partition coefficient (Wildman–Crippen LogP) is 6.47. The number of nitrogens with zero attached hydrogens (tertiary/aromatic N) is 1. The molecule has 0 spiro atoms. The predicted molar refractivity (Wildman–Crippen MR) is 142 cm³/mol. The summed E-state index contributed by atoms with van der Waals surface area (Å²) in [6.07, 6.45) is 2.98. The van der Waals surface area contributed by atoms with Crippen LogP contribution in [0.15, 0.2) is 72.9 Å². The third kappa shape index (κ3) is 6.22. The summed E-state index contributed by atoms with van der Waals surface area (Å²) in [6, 6.07) is 21.3. The fraction of sp³-hybridized carbons (Fsp3) is 0.207. The number of pyridine rings is 1. The van der Waals surface area contributed by atoms with E-state index < -0.39 is 0 Å². The number of hydrogen-bond donors (Lipinski definition) is 0. The number of hydrogen-bond acceptors (Lipinski definition) is 6. The van der Waals surface area contributed by atoms with E-state index in [0.717, 1.165) is 26.9 Å². The molecule has 178 valence electrons. The number of fused-ring (bicyclic) bond motifs is 1. The number of Topliss-reactive ketones (excluding diaryl/α,β-unsaturated/α-hetero) is 1. The maximum Gasteiger partial charge on any atom is 0.162 e. The van der Waals surface area contributed by atoms with Gasteiger partial charge in [-0.2, -0.15) is 0 Å². The summed E-state index contributed by atoms with van der Waals surface area (Å²) in [4.78, 5) is 17.6. The largest absolute Gasteiger partial charge is 0.493 e. The number of ketones is 1. The first-order valence-electron chi connectivity index (χ1n) is 11.3. The molecule has 0 saturated heterocycles. The van der Waals surface area contributed by atoms with Crippen LogP contribution in [0.25, 0.3) is 10.9 Å². The van der Waals surface area contributed by atoms with Crippen molar-refractivity contribution in [3.8, 4) is 23.0 Å². The van der Waals surface area contributed by atoms with Gasteiger partial charge in [-0.05, 0) is 42.3 Å². The zero-order valence-electron chi connectivity index (χ0n) is 20.0. The number of aryl methyl sites for hydroxylation is 1. The standard InChI is InChI=1S/C29H27NO4S/c1-19-4-6-20(7-5-19)14-22(31)16-24(35)15-21-8-10-23(11-9-21)34-27-12-13-30-26-18-29(33-3)28(32-2)17-25(26)27/h4-13,17-18H,14-16H2,1-3H3. The monoisotopic (exact) mass is 485 g/mol. The van der Waals surface area contributed by atoms with E-state index in [0.29, 0.717) is 42.3 Å². The average molecular weight is 486 g/mol. The van der Waals surface area contributed by atoms with Crippen molar-refractivity contribution >= 4 is 33.8 Å². The summed E-state index contributed by atoms with van der Waals surface area (Å²) < 4.78 is 16.9. The van der Waals surface area contributed by atoms with Gasteiger partial charge in [-0.15, -0.1) is 0 Å². The molecule has 0 fully saturated rings. The lowest BCUT2D eigenvalue weighted by atomic mass is 10.0. The Morgan fingerprint density at radius 1 is 0.829 bits per heavy atom. The van der Waals surface area contributed by atoms with Crippen LogP contribution in [0, 0.1) is 6.92 Å². The highest BCUT2D eigenvalue weighted by atomic mass is 32.1. The molecule has 0 unspecified atom stereocenters. The highest BCUT2D eigenvalue weighted by Crippen LogP contribution is 2.36. The number of thiocarbonyl (C=S) groups is 1. The van der Waals surface area contributed by atoms with Crippen LogP contribution >= 0.6 is 12.2 Å². The summed E-state index contributed by atoms with van der Waals surface area (Å²) in [5.74, 6) is 2.72. The number of carbonyl (C=O) groups is 1. The second kappa shape index (κ2) is 11.1. The molecule has 4 rings (SSSR count). The van der Waals surface area contributed by atoms with Gasteiger partial charge in [-0.3, -0.25) is 9.78 Å². The number of carbonyl (C=O) groups excluding carboxylic acids is 1. The maximum atomic E-state index is 12.4. The summed E-state index contributed by atoms with van der Waals surface area (Å²) in [5, 5.41) is 0.822. The molecule has 0 bridgehead atoms. The van der Waals surface area contributed by atoms with E-state index in [1.54, 1.807) is 20.4 Å². The Morgan fingerprint density at radius 2 is 1.46 bits per heavy atom. The fourth-order valence-corrected chi connectivity index (χ4v) is 4.17. The first kappa shape index (κ1) is 24.4. The number of benzene rings is 3. The Labute approximate surface area is 210 Å². The Balaban J connectivity index is 1.39. The molecule has 1 heterocycles. The van der Waals surface area contributed by atoms with Crippen molar-refractivity contribution in [2.75, 3.05) is 14.2 Å². The van der Waals surface area contributed by atoms with Crippen molar-refractivity contribution in [1.82, 2.24) is 4.98 Å². The fourth-order valence-electron chi connectivity index (χ4n) is 3.84. The zero-order chi connectivity index (χ0) is 24.8. The minimum atomic E-state index is 0.135. The molecule has 0 N–H and O–H groups in total. The van der Waals surface area contributed by atoms with Gasteiger partial charge in [0.15, 0.2) is 11.5 Å². The van der Waals surface area contributed by atoms with Crippen molar-refractivity contribution in [2.45, 2.75) is 26.2 Å². The van der Waals surface area contributed by atoms with E-state index in [4.69, 9.17) is 26.4 Å². The molecule has 0 radical (unpaired) electrons. The minimum absolute atomic E-state index is 0.135.